The first-order valence-electron chi connectivity index (χ1n) is 8.42. The third-order valence-electron chi connectivity index (χ3n) is 4.10. The minimum absolute atomic E-state index is 0.152. The summed E-state index contributed by atoms with van der Waals surface area (Å²) in [5.41, 5.74) is -1.53. The van der Waals surface area contributed by atoms with Crippen molar-refractivity contribution in [3.63, 3.8) is 0 Å². The third-order valence-corrected chi connectivity index (χ3v) is 4.93. The molecule has 0 atom stereocenters. The molecule has 0 saturated heterocycles. The molecule has 0 spiro atoms. The van der Waals surface area contributed by atoms with Crippen LogP contribution in [-0.2, 0) is 14.9 Å². The van der Waals surface area contributed by atoms with Gasteiger partial charge in [0.15, 0.2) is 0 Å². The zero-order valence-electron chi connectivity index (χ0n) is 15.7. The molecule has 0 bridgehead atoms. The molecule has 3 rings (SSSR count). The second kappa shape index (κ2) is 7.97. The molecular formula is C18H14N4O8S. The molecule has 0 aromatic heterocycles. The van der Waals surface area contributed by atoms with Crippen LogP contribution in [-0.4, -0.2) is 34.0 Å². The summed E-state index contributed by atoms with van der Waals surface area (Å²) < 4.78 is 32.1. The number of amides is 1. The summed E-state index contributed by atoms with van der Waals surface area (Å²) in [6.07, 6.45) is 0. The van der Waals surface area contributed by atoms with E-state index in [2.05, 4.69) is 15.5 Å². The summed E-state index contributed by atoms with van der Waals surface area (Å²) in [5.74, 6) is -1.76. The van der Waals surface area contributed by atoms with Crippen LogP contribution in [0.4, 0.5) is 22.7 Å². The SMILES string of the molecule is CC(=O)Nc1cccc2ccc(O)c(N=Nc3cc(S(=O)(=O)O)cc([N+](=O)[O-])c3O)c12. The number of azo groups is 1. The molecular weight excluding hydrogens is 432 g/mol. The van der Waals surface area contributed by atoms with Crippen molar-refractivity contribution in [3.8, 4) is 11.5 Å². The summed E-state index contributed by atoms with van der Waals surface area (Å²) in [4.78, 5) is 20.7. The van der Waals surface area contributed by atoms with E-state index in [1.165, 1.54) is 13.0 Å². The minimum Gasteiger partial charge on any atom is -0.506 e. The Morgan fingerprint density at radius 1 is 1.13 bits per heavy atom. The van der Waals surface area contributed by atoms with Gasteiger partial charge in [-0.05, 0) is 23.6 Å². The van der Waals surface area contributed by atoms with E-state index in [-0.39, 0.29) is 22.5 Å². The van der Waals surface area contributed by atoms with Crippen molar-refractivity contribution in [2.24, 2.45) is 10.2 Å². The Morgan fingerprint density at radius 3 is 2.45 bits per heavy atom. The molecule has 3 aromatic carbocycles. The van der Waals surface area contributed by atoms with Gasteiger partial charge in [-0.25, -0.2) is 0 Å². The molecule has 0 heterocycles. The van der Waals surface area contributed by atoms with Gasteiger partial charge in [-0.15, -0.1) is 10.2 Å². The fourth-order valence-electron chi connectivity index (χ4n) is 2.79. The number of benzene rings is 3. The number of anilines is 1. The molecule has 12 nitrogen and oxygen atoms in total. The molecule has 0 aliphatic rings. The summed E-state index contributed by atoms with van der Waals surface area (Å²) >= 11 is 0. The van der Waals surface area contributed by atoms with Crippen LogP contribution in [0, 0.1) is 10.1 Å². The summed E-state index contributed by atoms with van der Waals surface area (Å²) in [6.45, 7) is 1.28. The van der Waals surface area contributed by atoms with Gasteiger partial charge in [0.1, 0.15) is 22.0 Å². The Balaban J connectivity index is 2.25. The van der Waals surface area contributed by atoms with Gasteiger partial charge in [0.2, 0.25) is 11.7 Å². The Morgan fingerprint density at radius 2 is 1.84 bits per heavy atom. The standard InChI is InChI=1S/C18H14N4O8S/c1-9(23)19-12-4-2-3-10-5-6-15(24)17(16(10)12)21-20-13-7-11(31(28,29)30)8-14(18(13)25)22(26)27/h2-8,24-25H,1H3,(H,19,23)(H,28,29,30). The molecule has 160 valence electrons. The first-order chi connectivity index (χ1) is 14.5. The van der Waals surface area contributed by atoms with Gasteiger partial charge in [0.25, 0.3) is 10.1 Å². The van der Waals surface area contributed by atoms with Crippen LogP contribution in [0.1, 0.15) is 6.92 Å². The number of aromatic hydroxyl groups is 2. The molecule has 1 amide bonds. The van der Waals surface area contributed by atoms with Gasteiger partial charge in [-0.3, -0.25) is 19.5 Å². The molecule has 3 aromatic rings. The number of nitrogens with zero attached hydrogens (tertiary/aromatic N) is 3. The van der Waals surface area contributed by atoms with Crippen LogP contribution in [0.3, 0.4) is 0 Å². The van der Waals surface area contributed by atoms with Crippen molar-refractivity contribution in [1.82, 2.24) is 0 Å². The van der Waals surface area contributed by atoms with Crippen molar-refractivity contribution >= 4 is 49.5 Å². The maximum absolute atomic E-state index is 11.5. The molecule has 0 unspecified atom stereocenters. The molecule has 0 radical (unpaired) electrons. The summed E-state index contributed by atoms with van der Waals surface area (Å²) in [5, 5.41) is 42.4. The quantitative estimate of drug-likeness (QED) is 0.197. The van der Waals surface area contributed by atoms with Crippen LogP contribution in [0.25, 0.3) is 10.8 Å². The molecule has 4 N–H and O–H groups in total. The van der Waals surface area contributed by atoms with Crippen molar-refractivity contribution in [1.29, 1.82) is 0 Å². The van der Waals surface area contributed by atoms with Crippen LogP contribution in [0.2, 0.25) is 0 Å². The zero-order chi connectivity index (χ0) is 22.9. The van der Waals surface area contributed by atoms with Crippen molar-refractivity contribution < 1.29 is 32.9 Å². The van der Waals surface area contributed by atoms with Gasteiger partial charge >= 0.3 is 5.69 Å². The number of phenols is 2. The fraction of sp³-hybridized carbons (Fsp3) is 0.0556. The first kappa shape index (κ1) is 21.6. The number of carbonyl (C=O) groups excluding carboxylic acids is 1. The van der Waals surface area contributed by atoms with E-state index < -0.39 is 43.0 Å². The van der Waals surface area contributed by atoms with Crippen molar-refractivity contribution in [2.75, 3.05) is 5.32 Å². The van der Waals surface area contributed by atoms with E-state index >= 15 is 0 Å². The number of nitro groups is 1. The van der Waals surface area contributed by atoms with Gasteiger partial charge in [-0.1, -0.05) is 18.2 Å². The second-order valence-corrected chi connectivity index (χ2v) is 7.68. The zero-order valence-corrected chi connectivity index (χ0v) is 16.5. The van der Waals surface area contributed by atoms with Crippen LogP contribution in [0.15, 0.2) is 57.6 Å². The maximum Gasteiger partial charge on any atom is 0.314 e. The van der Waals surface area contributed by atoms with E-state index in [1.54, 1.807) is 24.3 Å². The highest BCUT2D eigenvalue weighted by Gasteiger charge is 2.24. The Kier molecular flexibility index (Phi) is 5.55. The molecule has 31 heavy (non-hydrogen) atoms. The van der Waals surface area contributed by atoms with Crippen LogP contribution >= 0.6 is 0 Å². The van der Waals surface area contributed by atoms with E-state index in [4.69, 9.17) is 0 Å². The Labute approximate surface area is 174 Å². The number of nitrogens with one attached hydrogen (secondary N) is 1. The lowest BCUT2D eigenvalue weighted by molar-refractivity contribution is -0.386. The molecule has 13 heteroatoms. The molecule has 0 aliphatic heterocycles. The second-order valence-electron chi connectivity index (χ2n) is 6.26. The first-order valence-corrected chi connectivity index (χ1v) is 9.86. The highest BCUT2D eigenvalue weighted by molar-refractivity contribution is 7.85. The summed E-state index contributed by atoms with van der Waals surface area (Å²) in [6, 6.07) is 8.85. The highest BCUT2D eigenvalue weighted by atomic mass is 32.2. The highest BCUT2D eigenvalue weighted by Crippen LogP contribution is 2.43. The number of hydrogen-bond donors (Lipinski definition) is 4. The lowest BCUT2D eigenvalue weighted by atomic mass is 10.1. The van der Waals surface area contributed by atoms with Gasteiger partial charge in [-0.2, -0.15) is 8.42 Å². The van der Waals surface area contributed by atoms with Crippen LogP contribution < -0.4 is 5.32 Å². The monoisotopic (exact) mass is 446 g/mol. The van der Waals surface area contributed by atoms with Crippen LogP contribution in [0.5, 0.6) is 11.5 Å². The lowest BCUT2D eigenvalue weighted by Crippen LogP contribution is -2.06. The number of phenolic OH excluding ortho intramolecular Hbond substituents is 2. The predicted octanol–water partition coefficient (Wildman–Crippen LogP) is 3.78. The average molecular weight is 446 g/mol. The number of hydrogen-bond acceptors (Lipinski definition) is 9. The van der Waals surface area contributed by atoms with Crippen molar-refractivity contribution in [3.05, 3.63) is 52.6 Å². The topological polar surface area (TPSA) is 192 Å². The van der Waals surface area contributed by atoms with Gasteiger partial charge < -0.3 is 15.5 Å². The predicted molar refractivity (Wildman–Crippen MR) is 109 cm³/mol. The smallest absolute Gasteiger partial charge is 0.314 e. The molecule has 0 aliphatic carbocycles. The van der Waals surface area contributed by atoms with E-state index in [0.29, 0.717) is 17.5 Å². The number of fused-ring (bicyclic) bond motifs is 1. The normalized spacial score (nSPS) is 11.7. The van der Waals surface area contributed by atoms with E-state index in [0.717, 1.165) is 0 Å². The Hall–Kier alpha value is -4.10. The minimum atomic E-state index is -4.86. The van der Waals surface area contributed by atoms with Gasteiger partial charge in [0.05, 0.1) is 10.6 Å². The Bertz CT molecular complexity index is 1370. The van der Waals surface area contributed by atoms with Gasteiger partial charge in [0, 0.05) is 18.4 Å². The number of rotatable bonds is 5. The van der Waals surface area contributed by atoms with E-state index in [9.17, 15) is 38.1 Å². The fourth-order valence-corrected chi connectivity index (χ4v) is 3.31. The number of carbonyl (C=O) groups is 1. The summed E-state index contributed by atoms with van der Waals surface area (Å²) in [7, 11) is -4.86. The lowest BCUT2D eigenvalue weighted by Gasteiger charge is -2.10. The van der Waals surface area contributed by atoms with Crippen molar-refractivity contribution in [2.45, 2.75) is 11.8 Å². The number of nitro benzene ring substituents is 1. The van der Waals surface area contributed by atoms with E-state index in [1.807, 2.05) is 0 Å². The molecule has 0 saturated carbocycles. The largest absolute Gasteiger partial charge is 0.506 e. The average Bonchev–Trinajstić information content (AvgIpc) is 2.67. The molecule has 0 fully saturated rings. The maximum atomic E-state index is 11.5. The third kappa shape index (κ3) is 4.41.